The van der Waals surface area contributed by atoms with E-state index >= 15 is 0 Å². The second-order valence-electron chi connectivity index (χ2n) is 4.36. The highest BCUT2D eigenvalue weighted by atomic mass is 35.5. The number of hydrogen-bond donors (Lipinski definition) is 0. The van der Waals surface area contributed by atoms with Crippen LogP contribution in [-0.4, -0.2) is 13.0 Å². The molecule has 0 spiro atoms. The zero-order valence-electron chi connectivity index (χ0n) is 10.4. The molecule has 96 valence electrons. The first-order valence-corrected chi connectivity index (χ1v) is 6.56. The number of hydrogen-bond acceptors (Lipinski definition) is 2. The van der Waals surface area contributed by atoms with Crippen molar-refractivity contribution in [1.82, 2.24) is 0 Å². The number of methoxy groups -OCH3 is 1. The maximum Gasteiger partial charge on any atom is 0.118 e. The van der Waals surface area contributed by atoms with E-state index < -0.39 is 0 Å². The zero-order valence-corrected chi connectivity index (χ0v) is 11.2. The molecule has 18 heavy (non-hydrogen) atoms. The van der Waals surface area contributed by atoms with Crippen LogP contribution in [0.1, 0.15) is 11.3 Å². The Bertz CT molecular complexity index is 448. The largest absolute Gasteiger partial charge is 0.497 e. The highest BCUT2D eigenvalue weighted by Crippen LogP contribution is 2.19. The second-order valence-corrected chi connectivity index (χ2v) is 4.66. The SMILES string of the molecule is COc1ccc(CC(CCl)Cc2ccco2)cc1. The fourth-order valence-corrected chi connectivity index (χ4v) is 2.21. The smallest absolute Gasteiger partial charge is 0.118 e. The van der Waals surface area contributed by atoms with Crippen molar-refractivity contribution in [2.75, 3.05) is 13.0 Å². The summed E-state index contributed by atoms with van der Waals surface area (Å²) in [4.78, 5) is 0. The molecule has 1 atom stereocenters. The van der Waals surface area contributed by atoms with E-state index in [1.165, 1.54) is 5.56 Å². The van der Waals surface area contributed by atoms with Crippen LogP contribution in [0.3, 0.4) is 0 Å². The molecule has 0 N–H and O–H groups in total. The van der Waals surface area contributed by atoms with Crippen LogP contribution in [-0.2, 0) is 12.8 Å². The number of rotatable bonds is 6. The lowest BCUT2D eigenvalue weighted by molar-refractivity contribution is 0.414. The van der Waals surface area contributed by atoms with Gasteiger partial charge in [0.1, 0.15) is 11.5 Å². The summed E-state index contributed by atoms with van der Waals surface area (Å²) >= 11 is 6.03. The molecule has 1 aromatic carbocycles. The Morgan fingerprint density at radius 3 is 2.50 bits per heavy atom. The Morgan fingerprint density at radius 2 is 1.94 bits per heavy atom. The summed E-state index contributed by atoms with van der Waals surface area (Å²) < 4.78 is 10.5. The number of alkyl halides is 1. The van der Waals surface area contributed by atoms with Crippen LogP contribution in [0.4, 0.5) is 0 Å². The Labute approximate surface area is 113 Å². The van der Waals surface area contributed by atoms with Gasteiger partial charge in [-0.1, -0.05) is 12.1 Å². The van der Waals surface area contributed by atoms with E-state index in [-0.39, 0.29) is 0 Å². The van der Waals surface area contributed by atoms with Crippen molar-refractivity contribution >= 4 is 11.6 Å². The normalized spacial score (nSPS) is 12.3. The highest BCUT2D eigenvalue weighted by molar-refractivity contribution is 6.18. The predicted molar refractivity (Wildman–Crippen MR) is 73.3 cm³/mol. The average molecular weight is 265 g/mol. The van der Waals surface area contributed by atoms with Crippen LogP contribution in [0.2, 0.25) is 0 Å². The number of furan rings is 1. The van der Waals surface area contributed by atoms with E-state index in [9.17, 15) is 0 Å². The van der Waals surface area contributed by atoms with Gasteiger partial charge in [0, 0.05) is 12.3 Å². The summed E-state index contributed by atoms with van der Waals surface area (Å²) in [5, 5.41) is 0. The quantitative estimate of drug-likeness (QED) is 0.738. The summed E-state index contributed by atoms with van der Waals surface area (Å²) in [5.74, 6) is 2.90. The molecule has 1 heterocycles. The first-order valence-electron chi connectivity index (χ1n) is 6.03. The third-order valence-corrected chi connectivity index (χ3v) is 3.41. The van der Waals surface area contributed by atoms with E-state index in [4.69, 9.17) is 20.8 Å². The van der Waals surface area contributed by atoms with Gasteiger partial charge in [0.2, 0.25) is 0 Å². The van der Waals surface area contributed by atoms with Gasteiger partial charge in [0.15, 0.2) is 0 Å². The number of benzene rings is 1. The molecule has 3 heteroatoms. The van der Waals surface area contributed by atoms with E-state index in [1.807, 2.05) is 24.3 Å². The van der Waals surface area contributed by atoms with Gasteiger partial charge in [-0.3, -0.25) is 0 Å². The summed E-state index contributed by atoms with van der Waals surface area (Å²) in [6, 6.07) is 12.0. The van der Waals surface area contributed by atoms with Crippen molar-refractivity contribution < 1.29 is 9.15 Å². The van der Waals surface area contributed by atoms with Crippen LogP contribution in [0.15, 0.2) is 47.1 Å². The van der Waals surface area contributed by atoms with Crippen molar-refractivity contribution in [1.29, 1.82) is 0 Å². The molecule has 2 nitrogen and oxygen atoms in total. The molecule has 2 aromatic rings. The van der Waals surface area contributed by atoms with E-state index in [2.05, 4.69) is 12.1 Å². The molecule has 0 aliphatic rings. The molecule has 0 bridgehead atoms. The summed E-state index contributed by atoms with van der Waals surface area (Å²) in [7, 11) is 1.67. The van der Waals surface area contributed by atoms with Crippen molar-refractivity contribution in [2.24, 2.45) is 5.92 Å². The minimum Gasteiger partial charge on any atom is -0.497 e. The van der Waals surface area contributed by atoms with Crippen molar-refractivity contribution in [2.45, 2.75) is 12.8 Å². The van der Waals surface area contributed by atoms with Gasteiger partial charge in [-0.05, 0) is 42.2 Å². The van der Waals surface area contributed by atoms with Crippen LogP contribution in [0, 0.1) is 5.92 Å². The van der Waals surface area contributed by atoms with Gasteiger partial charge < -0.3 is 9.15 Å². The third kappa shape index (κ3) is 3.54. The topological polar surface area (TPSA) is 22.4 Å². The molecule has 1 unspecified atom stereocenters. The fourth-order valence-electron chi connectivity index (χ4n) is 1.99. The molecule has 0 fully saturated rings. The second kappa shape index (κ2) is 6.50. The Kier molecular flexibility index (Phi) is 4.71. The van der Waals surface area contributed by atoms with Crippen LogP contribution in [0.5, 0.6) is 5.75 Å². The summed E-state index contributed by atoms with van der Waals surface area (Å²) in [6.45, 7) is 0. The van der Waals surface area contributed by atoms with Gasteiger partial charge in [0.05, 0.1) is 13.4 Å². The van der Waals surface area contributed by atoms with Crippen LogP contribution < -0.4 is 4.74 Å². The minimum absolute atomic E-state index is 0.395. The van der Waals surface area contributed by atoms with E-state index in [1.54, 1.807) is 13.4 Å². The average Bonchev–Trinajstić information content (AvgIpc) is 2.91. The minimum atomic E-state index is 0.395. The maximum absolute atomic E-state index is 6.03. The molecule has 0 amide bonds. The zero-order chi connectivity index (χ0) is 12.8. The molecule has 0 aliphatic carbocycles. The predicted octanol–water partition coefficient (Wildman–Crippen LogP) is 3.93. The monoisotopic (exact) mass is 264 g/mol. The third-order valence-electron chi connectivity index (χ3n) is 2.97. The molecule has 2 rings (SSSR count). The van der Waals surface area contributed by atoms with E-state index in [0.717, 1.165) is 24.4 Å². The lowest BCUT2D eigenvalue weighted by Crippen LogP contribution is -2.09. The molecular formula is C15H17ClO2. The van der Waals surface area contributed by atoms with Crippen LogP contribution >= 0.6 is 11.6 Å². The number of ether oxygens (including phenoxy) is 1. The lowest BCUT2D eigenvalue weighted by atomic mass is 9.97. The Balaban J connectivity index is 1.96. The lowest BCUT2D eigenvalue weighted by Gasteiger charge is -2.12. The first kappa shape index (κ1) is 13.0. The molecule has 0 radical (unpaired) electrons. The van der Waals surface area contributed by atoms with Crippen LogP contribution in [0.25, 0.3) is 0 Å². The van der Waals surface area contributed by atoms with Crippen molar-refractivity contribution in [3.63, 3.8) is 0 Å². The van der Waals surface area contributed by atoms with Crippen molar-refractivity contribution in [3.8, 4) is 5.75 Å². The highest BCUT2D eigenvalue weighted by Gasteiger charge is 2.11. The first-order chi connectivity index (χ1) is 8.81. The maximum atomic E-state index is 6.03. The molecule has 1 aromatic heterocycles. The van der Waals surface area contributed by atoms with Gasteiger partial charge in [-0.2, -0.15) is 0 Å². The Morgan fingerprint density at radius 1 is 1.17 bits per heavy atom. The molecular weight excluding hydrogens is 248 g/mol. The van der Waals surface area contributed by atoms with Crippen molar-refractivity contribution in [3.05, 3.63) is 54.0 Å². The standard InChI is InChI=1S/C15H17ClO2/c1-17-14-6-4-12(5-7-14)9-13(11-16)10-15-3-2-8-18-15/h2-8,13H,9-11H2,1H3. The van der Waals surface area contributed by atoms with Gasteiger partial charge in [-0.15, -0.1) is 11.6 Å². The number of halogens is 1. The van der Waals surface area contributed by atoms with Gasteiger partial charge in [0.25, 0.3) is 0 Å². The summed E-state index contributed by atoms with van der Waals surface area (Å²) in [5.41, 5.74) is 1.27. The van der Waals surface area contributed by atoms with Gasteiger partial charge >= 0.3 is 0 Å². The molecule has 0 saturated carbocycles. The molecule has 0 saturated heterocycles. The molecule has 0 aliphatic heterocycles. The Hall–Kier alpha value is -1.41. The van der Waals surface area contributed by atoms with Gasteiger partial charge in [-0.25, -0.2) is 0 Å². The van der Waals surface area contributed by atoms with E-state index in [0.29, 0.717) is 11.8 Å². The summed E-state index contributed by atoms with van der Waals surface area (Å²) in [6.07, 6.45) is 3.53. The fraction of sp³-hybridized carbons (Fsp3) is 0.333.